The largest absolute Gasteiger partial charge is 0.756 e. The Morgan fingerprint density at radius 2 is 2.04 bits per heavy atom. The van der Waals surface area contributed by atoms with Gasteiger partial charge in [0.1, 0.15) is 18.3 Å². The average molecular weight is 442 g/mol. The number of H-pyrrole nitrogens is 1. The highest BCUT2D eigenvalue weighted by molar-refractivity contribution is 7.60. The van der Waals surface area contributed by atoms with Crippen LogP contribution in [0.5, 0.6) is 0 Å². The molecule has 3 heterocycles. The lowest BCUT2D eigenvalue weighted by Crippen LogP contribution is -2.33. The highest BCUT2D eigenvalue weighted by atomic mass is 31.3. The minimum atomic E-state index is -5.57. The normalized spacial score (nSPS) is 29.6. The molecule has 0 aliphatic carbocycles. The van der Waals surface area contributed by atoms with E-state index < -0.39 is 52.4 Å². The molecule has 0 bridgehead atoms. The van der Waals surface area contributed by atoms with E-state index in [1.54, 1.807) is 0 Å². The van der Waals surface area contributed by atoms with Gasteiger partial charge in [0.25, 0.3) is 13.4 Å². The second-order valence-corrected chi connectivity index (χ2v) is 8.42. The molecule has 156 valence electrons. The number of fused-ring (bicyclic) bond motifs is 1. The van der Waals surface area contributed by atoms with Crippen LogP contribution in [0.2, 0.25) is 0 Å². The lowest BCUT2D eigenvalue weighted by Gasteiger charge is -2.21. The zero-order chi connectivity index (χ0) is 20.9. The molecule has 1 aliphatic rings. The summed E-state index contributed by atoms with van der Waals surface area (Å²) in [7, 11) is -10.8. The van der Waals surface area contributed by atoms with Crippen LogP contribution in [0.3, 0.4) is 0 Å². The van der Waals surface area contributed by atoms with Crippen molar-refractivity contribution in [1.29, 1.82) is 0 Å². The monoisotopic (exact) mass is 442 g/mol. The van der Waals surface area contributed by atoms with Gasteiger partial charge in [0.15, 0.2) is 17.4 Å². The minimum Gasteiger partial charge on any atom is -0.756 e. The van der Waals surface area contributed by atoms with Gasteiger partial charge in [0, 0.05) is 0 Å². The van der Waals surface area contributed by atoms with Gasteiger partial charge >= 0.3 is 7.82 Å². The van der Waals surface area contributed by atoms with E-state index in [1.165, 1.54) is 0 Å². The van der Waals surface area contributed by atoms with E-state index in [-0.39, 0.29) is 17.1 Å². The topological polar surface area (TPSA) is 255 Å². The van der Waals surface area contributed by atoms with Crippen molar-refractivity contribution in [2.24, 2.45) is 0 Å². The predicted octanol–water partition coefficient (Wildman–Crippen LogP) is -3.08. The number of aromatic amines is 1. The molecule has 1 fully saturated rings. The van der Waals surface area contributed by atoms with Gasteiger partial charge in [-0.25, -0.2) is 13.9 Å². The summed E-state index contributed by atoms with van der Waals surface area (Å²) in [6.07, 6.45) is -4.95. The van der Waals surface area contributed by atoms with Crippen LogP contribution in [0.4, 0.5) is 5.95 Å². The van der Waals surface area contributed by atoms with Crippen molar-refractivity contribution in [3.05, 3.63) is 16.7 Å². The summed E-state index contributed by atoms with van der Waals surface area (Å²) < 4.78 is 36.2. The van der Waals surface area contributed by atoms with Gasteiger partial charge in [-0.1, -0.05) is 0 Å². The first-order chi connectivity index (χ1) is 12.9. The maximum atomic E-state index is 11.8. The first-order valence-electron chi connectivity index (χ1n) is 7.34. The van der Waals surface area contributed by atoms with Crippen LogP contribution < -0.4 is 16.2 Å². The number of anilines is 1. The number of hydrogen-bond acceptors (Lipinski definition) is 12. The summed E-state index contributed by atoms with van der Waals surface area (Å²) in [5.74, 6) is -0.239. The Hall–Kier alpha value is -1.71. The third-order valence-corrected chi connectivity index (χ3v) is 5.80. The van der Waals surface area contributed by atoms with Crippen LogP contribution in [0.15, 0.2) is 11.1 Å². The molecule has 1 saturated heterocycles. The van der Waals surface area contributed by atoms with Crippen LogP contribution in [0.1, 0.15) is 6.23 Å². The number of nitrogens with one attached hydrogen (secondary N) is 1. The first kappa shape index (κ1) is 21.0. The molecule has 7 N–H and O–H groups in total. The smallest absolute Gasteiger partial charge is 0.478 e. The maximum absolute atomic E-state index is 11.8. The second kappa shape index (κ2) is 7.27. The molecule has 6 unspecified atom stereocenters. The number of nitrogens with zero attached hydrogens (tertiary/aromatic N) is 3. The molecule has 16 nitrogen and oxygen atoms in total. The van der Waals surface area contributed by atoms with E-state index in [1.807, 2.05) is 0 Å². The standard InChI is InChI=1S/C10H15N5O11P2/c11-10-13-7-4(8(18)14-10)12-2-15(7)9-6(17)5(16)3(25-9)1-24-28(22,23)26-27(19,20)21/h2-3,5-6,9,16-17H,1H2,(H,22,23)(H2,19,20,21)(H3,11,13,14,18)/p-1. The Morgan fingerprint density at radius 1 is 1.36 bits per heavy atom. The van der Waals surface area contributed by atoms with Crippen molar-refractivity contribution in [1.82, 2.24) is 19.5 Å². The summed E-state index contributed by atoms with van der Waals surface area (Å²) in [6, 6.07) is 0. The van der Waals surface area contributed by atoms with Gasteiger partial charge in [-0.15, -0.1) is 0 Å². The van der Waals surface area contributed by atoms with E-state index in [9.17, 15) is 33.9 Å². The van der Waals surface area contributed by atoms with E-state index in [0.29, 0.717) is 0 Å². The van der Waals surface area contributed by atoms with Crippen molar-refractivity contribution in [3.8, 4) is 0 Å². The SMILES string of the molecule is Nc1nc2c(ncn2C2OC(COP(=O)(O)OP(=O)([O-])O)C(O)C2O)c(=O)[nH]1. The molecule has 0 spiro atoms. The van der Waals surface area contributed by atoms with Gasteiger partial charge in [0.2, 0.25) is 5.95 Å². The number of aliphatic hydroxyl groups is 2. The molecule has 28 heavy (non-hydrogen) atoms. The highest BCUT2D eigenvalue weighted by Crippen LogP contribution is 2.55. The second-order valence-electron chi connectivity index (χ2n) is 5.64. The molecule has 1 aliphatic heterocycles. The van der Waals surface area contributed by atoms with Crippen molar-refractivity contribution in [2.45, 2.75) is 24.5 Å². The Kier molecular flexibility index (Phi) is 5.46. The lowest BCUT2D eigenvalue weighted by atomic mass is 10.1. The fraction of sp³-hybridized carbons (Fsp3) is 0.500. The van der Waals surface area contributed by atoms with Crippen LogP contribution >= 0.6 is 15.6 Å². The number of phosphoric acid groups is 2. The molecule has 0 aromatic carbocycles. The summed E-state index contributed by atoms with van der Waals surface area (Å²) in [5, 5.41) is 20.2. The molecular weight excluding hydrogens is 428 g/mol. The Morgan fingerprint density at radius 3 is 2.68 bits per heavy atom. The number of nitrogens with two attached hydrogens (primary N) is 1. The van der Waals surface area contributed by atoms with Crippen LogP contribution in [0, 0.1) is 0 Å². The maximum Gasteiger partial charge on any atom is 0.478 e. The zero-order valence-electron chi connectivity index (χ0n) is 13.6. The van der Waals surface area contributed by atoms with Crippen molar-refractivity contribution in [3.63, 3.8) is 0 Å². The molecule has 2 aromatic heterocycles. The number of phosphoric ester groups is 1. The lowest BCUT2D eigenvalue weighted by molar-refractivity contribution is -0.212. The molecule has 18 heteroatoms. The molecule has 6 atom stereocenters. The van der Waals surface area contributed by atoms with Gasteiger partial charge in [-0.2, -0.15) is 4.98 Å². The predicted molar refractivity (Wildman–Crippen MR) is 85.2 cm³/mol. The molecule has 0 saturated carbocycles. The van der Waals surface area contributed by atoms with E-state index in [0.717, 1.165) is 10.9 Å². The molecule has 2 aromatic rings. The minimum absolute atomic E-state index is 0.0668. The number of rotatable bonds is 6. The summed E-state index contributed by atoms with van der Waals surface area (Å²) >= 11 is 0. The van der Waals surface area contributed by atoms with Crippen molar-refractivity contribution in [2.75, 3.05) is 12.3 Å². The zero-order valence-corrected chi connectivity index (χ0v) is 15.3. The number of aliphatic hydroxyl groups excluding tert-OH is 2. The number of hydrogen-bond donors (Lipinski definition) is 6. The molecule has 0 radical (unpaired) electrons. The van der Waals surface area contributed by atoms with Gasteiger partial charge in [-0.05, 0) is 0 Å². The highest BCUT2D eigenvalue weighted by Gasteiger charge is 2.45. The number of imidazole rings is 1. The van der Waals surface area contributed by atoms with Crippen LogP contribution in [-0.2, 0) is 22.7 Å². The number of aromatic nitrogens is 4. The first-order valence-corrected chi connectivity index (χ1v) is 10.3. The molecule has 0 amide bonds. The molecule has 3 rings (SSSR count). The van der Waals surface area contributed by atoms with E-state index in [2.05, 4.69) is 23.8 Å². The Bertz CT molecular complexity index is 1030. The third-order valence-electron chi connectivity index (χ3n) is 3.67. The molecular formula is C10H14N5O11P2-. The number of nitrogen functional groups attached to an aromatic ring is 1. The van der Waals surface area contributed by atoms with Gasteiger partial charge < -0.3 is 35.4 Å². The number of ether oxygens (including phenoxy) is 1. The van der Waals surface area contributed by atoms with E-state index in [4.69, 9.17) is 15.4 Å². The average Bonchev–Trinajstić information content (AvgIpc) is 3.06. The fourth-order valence-electron chi connectivity index (χ4n) is 2.55. The quantitative estimate of drug-likeness (QED) is 0.243. The third kappa shape index (κ3) is 4.31. The summed E-state index contributed by atoms with van der Waals surface area (Å²) in [4.78, 5) is 49.9. The van der Waals surface area contributed by atoms with E-state index >= 15 is 0 Å². The van der Waals surface area contributed by atoms with Crippen molar-refractivity contribution < 1.29 is 47.6 Å². The van der Waals surface area contributed by atoms with Crippen molar-refractivity contribution >= 4 is 32.8 Å². The summed E-state index contributed by atoms with van der Waals surface area (Å²) in [6.45, 7) is -0.898. The fourth-order valence-corrected chi connectivity index (χ4v) is 4.11. The van der Waals surface area contributed by atoms with Crippen LogP contribution in [0.25, 0.3) is 11.2 Å². The van der Waals surface area contributed by atoms with Crippen LogP contribution in [-0.4, -0.2) is 64.4 Å². The Balaban J connectivity index is 1.79. The Labute approximate surface area is 154 Å². The summed E-state index contributed by atoms with van der Waals surface area (Å²) in [5.41, 5.74) is 4.62. The van der Waals surface area contributed by atoms with Gasteiger partial charge in [0.05, 0.1) is 12.9 Å². The van der Waals surface area contributed by atoms with Gasteiger partial charge in [-0.3, -0.25) is 23.4 Å².